The maximum atomic E-state index is 13.4. The number of anilines is 1. The van der Waals surface area contributed by atoms with E-state index in [1.54, 1.807) is 42.5 Å². The predicted molar refractivity (Wildman–Crippen MR) is 139 cm³/mol. The lowest BCUT2D eigenvalue weighted by Crippen LogP contribution is -2.27. The van der Waals surface area contributed by atoms with Crippen molar-refractivity contribution in [2.75, 3.05) is 5.32 Å². The number of para-hydroxylation sites is 1. The lowest BCUT2D eigenvalue weighted by Gasteiger charge is -2.33. The summed E-state index contributed by atoms with van der Waals surface area (Å²) in [4.78, 5) is 19.2. The van der Waals surface area contributed by atoms with Gasteiger partial charge in [-0.05, 0) is 72.6 Å². The van der Waals surface area contributed by atoms with Crippen LogP contribution < -0.4 is 10.1 Å². The topological polar surface area (TPSA) is 50.7 Å². The van der Waals surface area contributed by atoms with E-state index < -0.39 is 6.61 Å². The van der Waals surface area contributed by atoms with Crippen LogP contribution in [-0.4, -0.2) is 18.7 Å². The van der Waals surface area contributed by atoms with Gasteiger partial charge in [0.05, 0.1) is 5.56 Å². The van der Waals surface area contributed by atoms with E-state index in [2.05, 4.69) is 35.8 Å². The van der Waals surface area contributed by atoms with E-state index in [1.807, 2.05) is 0 Å². The Morgan fingerprint density at radius 1 is 1.20 bits per heavy atom. The largest absolute Gasteiger partial charge is 0.434 e. The summed E-state index contributed by atoms with van der Waals surface area (Å²) >= 11 is 7.47. The molecule has 0 bridgehead atoms. The average molecular weight is 517 g/mol. The number of hydrogen-bond acceptors (Lipinski definition) is 4. The molecule has 0 saturated heterocycles. The lowest BCUT2D eigenvalue weighted by atomic mass is 9.72. The molecule has 0 unspecified atom stereocenters. The standard InChI is InChI=1S/C27H27ClF2N2O2S/c1-27(2,3)17-8-13-20-22(14-17)35-25(23(20)24(33)32-19-11-9-18(28)10-12-19)31-15-16-6-4-5-7-21(16)34-26(29)30/h4-7,9-12,15,17,26H,8,13-14H2,1-3H3,(H,32,33)/t17-/m0/s1. The zero-order valence-electron chi connectivity index (χ0n) is 19.8. The molecule has 1 aliphatic rings. The van der Waals surface area contributed by atoms with Crippen molar-refractivity contribution in [1.29, 1.82) is 0 Å². The highest BCUT2D eigenvalue weighted by atomic mass is 35.5. The van der Waals surface area contributed by atoms with Gasteiger partial charge in [-0.1, -0.05) is 44.5 Å². The van der Waals surface area contributed by atoms with Gasteiger partial charge >= 0.3 is 6.61 Å². The number of carbonyl (C=O) groups is 1. The van der Waals surface area contributed by atoms with E-state index in [9.17, 15) is 13.6 Å². The maximum Gasteiger partial charge on any atom is 0.387 e. The van der Waals surface area contributed by atoms with Crippen molar-refractivity contribution in [3.05, 3.63) is 75.1 Å². The van der Waals surface area contributed by atoms with E-state index in [0.29, 0.717) is 32.8 Å². The summed E-state index contributed by atoms with van der Waals surface area (Å²) in [5, 5.41) is 4.09. The molecule has 0 saturated carbocycles. The molecule has 1 amide bonds. The maximum absolute atomic E-state index is 13.4. The normalized spacial score (nSPS) is 15.9. The van der Waals surface area contributed by atoms with Crippen LogP contribution >= 0.6 is 22.9 Å². The van der Waals surface area contributed by atoms with Crippen molar-refractivity contribution in [3.63, 3.8) is 0 Å². The molecule has 35 heavy (non-hydrogen) atoms. The third-order valence-electron chi connectivity index (χ3n) is 6.26. The third kappa shape index (κ3) is 6.08. The van der Waals surface area contributed by atoms with Crippen LogP contribution in [0.25, 0.3) is 0 Å². The fraction of sp³-hybridized carbons (Fsp3) is 0.333. The first-order valence-corrected chi connectivity index (χ1v) is 12.6. The highest BCUT2D eigenvalue weighted by molar-refractivity contribution is 7.16. The molecule has 184 valence electrons. The Hall–Kier alpha value is -2.77. The van der Waals surface area contributed by atoms with E-state index >= 15 is 0 Å². The minimum absolute atomic E-state index is 0.0348. The predicted octanol–water partition coefficient (Wildman–Crippen LogP) is 8.16. The first-order chi connectivity index (χ1) is 16.6. The summed E-state index contributed by atoms with van der Waals surface area (Å²) in [6, 6.07) is 13.4. The van der Waals surface area contributed by atoms with Gasteiger partial charge < -0.3 is 10.1 Å². The quantitative estimate of drug-likeness (QED) is 0.336. The molecule has 8 heteroatoms. The van der Waals surface area contributed by atoms with Crippen LogP contribution in [0, 0.1) is 11.3 Å². The second kappa shape index (κ2) is 10.5. The molecule has 3 aromatic rings. The van der Waals surface area contributed by atoms with Crippen molar-refractivity contribution in [3.8, 4) is 5.75 Å². The number of carbonyl (C=O) groups excluding carboxylic acids is 1. The molecule has 1 aliphatic carbocycles. The number of rotatable bonds is 6. The molecule has 0 fully saturated rings. The highest BCUT2D eigenvalue weighted by Gasteiger charge is 2.33. The van der Waals surface area contributed by atoms with Gasteiger partial charge in [-0.3, -0.25) is 4.79 Å². The van der Waals surface area contributed by atoms with E-state index in [1.165, 1.54) is 23.6 Å². The Balaban J connectivity index is 1.71. The summed E-state index contributed by atoms with van der Waals surface area (Å²) in [6.07, 6.45) is 4.14. The first kappa shape index (κ1) is 25.3. The first-order valence-electron chi connectivity index (χ1n) is 11.4. The smallest absolute Gasteiger partial charge is 0.387 e. The van der Waals surface area contributed by atoms with Crippen molar-refractivity contribution in [1.82, 2.24) is 0 Å². The van der Waals surface area contributed by atoms with E-state index in [0.717, 1.165) is 29.7 Å². The molecular weight excluding hydrogens is 490 g/mol. The fourth-order valence-electron chi connectivity index (χ4n) is 4.28. The zero-order valence-corrected chi connectivity index (χ0v) is 21.4. The van der Waals surface area contributed by atoms with Gasteiger partial charge in [-0.25, -0.2) is 4.99 Å². The van der Waals surface area contributed by atoms with Gasteiger partial charge in [0.1, 0.15) is 10.8 Å². The summed E-state index contributed by atoms with van der Waals surface area (Å²) in [5.74, 6) is 0.286. The van der Waals surface area contributed by atoms with Gasteiger partial charge in [0.25, 0.3) is 5.91 Å². The van der Waals surface area contributed by atoms with Gasteiger partial charge in [0.15, 0.2) is 0 Å². The zero-order chi connectivity index (χ0) is 25.2. The van der Waals surface area contributed by atoms with Gasteiger partial charge in [-0.2, -0.15) is 8.78 Å². The van der Waals surface area contributed by atoms with Crippen LogP contribution in [0.2, 0.25) is 5.02 Å². The van der Waals surface area contributed by atoms with Gasteiger partial charge in [0.2, 0.25) is 0 Å². The number of amides is 1. The van der Waals surface area contributed by atoms with Crippen LogP contribution in [0.15, 0.2) is 53.5 Å². The number of aliphatic imine (C=N–C) groups is 1. The summed E-state index contributed by atoms with van der Waals surface area (Å²) in [5.41, 5.74) is 2.76. The van der Waals surface area contributed by atoms with Crippen molar-refractivity contribution >= 4 is 45.7 Å². The third-order valence-corrected chi connectivity index (χ3v) is 7.67. The number of nitrogens with one attached hydrogen (secondary N) is 1. The number of thiophene rings is 1. The molecule has 4 nitrogen and oxygen atoms in total. The summed E-state index contributed by atoms with van der Waals surface area (Å²) < 4.78 is 30.3. The molecular formula is C27H27ClF2N2O2S. The average Bonchev–Trinajstić information content (AvgIpc) is 3.17. The van der Waals surface area contributed by atoms with Crippen molar-refractivity contribution in [2.45, 2.75) is 46.6 Å². The molecule has 1 N–H and O–H groups in total. The molecule has 1 aromatic heterocycles. The molecule has 0 aliphatic heterocycles. The van der Waals surface area contributed by atoms with Crippen LogP contribution in [-0.2, 0) is 12.8 Å². The number of ether oxygens (including phenoxy) is 1. The lowest BCUT2D eigenvalue weighted by molar-refractivity contribution is -0.0499. The number of fused-ring (bicyclic) bond motifs is 1. The number of halogens is 3. The van der Waals surface area contributed by atoms with Gasteiger partial charge in [-0.15, -0.1) is 11.3 Å². The molecule has 0 radical (unpaired) electrons. The van der Waals surface area contributed by atoms with Crippen LogP contribution in [0.4, 0.5) is 19.5 Å². The second-order valence-corrected chi connectivity index (χ2v) is 11.1. The molecule has 2 aromatic carbocycles. The molecule has 4 rings (SSSR count). The fourth-order valence-corrected chi connectivity index (χ4v) is 5.68. The Morgan fingerprint density at radius 3 is 2.60 bits per heavy atom. The monoisotopic (exact) mass is 516 g/mol. The van der Waals surface area contributed by atoms with E-state index in [4.69, 9.17) is 11.6 Å². The number of benzene rings is 2. The molecule has 1 heterocycles. The number of hydrogen-bond donors (Lipinski definition) is 1. The number of alkyl halides is 2. The molecule has 1 atom stereocenters. The highest BCUT2D eigenvalue weighted by Crippen LogP contribution is 2.45. The Kier molecular flexibility index (Phi) is 7.57. The minimum atomic E-state index is -2.94. The van der Waals surface area contributed by atoms with Crippen LogP contribution in [0.1, 0.15) is 53.6 Å². The van der Waals surface area contributed by atoms with Crippen molar-refractivity contribution in [2.24, 2.45) is 16.3 Å². The Morgan fingerprint density at radius 2 is 1.91 bits per heavy atom. The summed E-state index contributed by atoms with van der Waals surface area (Å²) in [7, 11) is 0. The van der Waals surface area contributed by atoms with Crippen LogP contribution in [0.5, 0.6) is 5.75 Å². The van der Waals surface area contributed by atoms with E-state index in [-0.39, 0.29) is 17.1 Å². The summed E-state index contributed by atoms with van der Waals surface area (Å²) in [6.45, 7) is 3.78. The van der Waals surface area contributed by atoms with Crippen LogP contribution in [0.3, 0.4) is 0 Å². The van der Waals surface area contributed by atoms with Crippen molar-refractivity contribution < 1.29 is 18.3 Å². The molecule has 0 spiro atoms. The Labute approximate surface area is 213 Å². The number of nitrogens with zero attached hydrogens (tertiary/aromatic N) is 1. The Bertz CT molecular complexity index is 1230. The minimum Gasteiger partial charge on any atom is -0.434 e. The second-order valence-electron chi connectivity index (χ2n) is 9.63. The van der Waals surface area contributed by atoms with Gasteiger partial charge in [0, 0.05) is 27.4 Å². The SMILES string of the molecule is CC(C)(C)[C@H]1CCc2c(sc(N=Cc3ccccc3OC(F)F)c2C(=O)Nc2ccc(Cl)cc2)C1.